The molecule has 0 saturated carbocycles. The fourth-order valence-corrected chi connectivity index (χ4v) is 7.87. The van der Waals surface area contributed by atoms with Crippen molar-refractivity contribution in [3.63, 3.8) is 0 Å². The van der Waals surface area contributed by atoms with Crippen molar-refractivity contribution in [1.82, 2.24) is 9.55 Å². The highest BCUT2D eigenvalue weighted by molar-refractivity contribution is 6.27. The van der Waals surface area contributed by atoms with Gasteiger partial charge in [-0.2, -0.15) is 0 Å². The molecule has 0 unspecified atom stereocenters. The van der Waals surface area contributed by atoms with E-state index >= 15 is 0 Å². The molecular formula is C47H28N2O2. The Balaban J connectivity index is 1.12. The van der Waals surface area contributed by atoms with Crippen LogP contribution in [-0.4, -0.2) is 9.55 Å². The monoisotopic (exact) mass is 652 g/mol. The fraction of sp³-hybridized carbons (Fsp3) is 0. The first-order valence-corrected chi connectivity index (χ1v) is 17.2. The predicted octanol–water partition coefficient (Wildman–Crippen LogP) is 13.0. The summed E-state index contributed by atoms with van der Waals surface area (Å²) in [6, 6.07) is 59.5. The molecule has 0 fully saturated rings. The lowest BCUT2D eigenvalue weighted by atomic mass is 9.99. The molecule has 11 rings (SSSR count). The number of hydrogen-bond acceptors (Lipinski definition) is 3. The van der Waals surface area contributed by atoms with E-state index < -0.39 is 0 Å². The van der Waals surface area contributed by atoms with E-state index in [0.717, 1.165) is 94.2 Å². The van der Waals surface area contributed by atoms with Crippen LogP contribution in [0.15, 0.2) is 179 Å². The van der Waals surface area contributed by atoms with Crippen molar-refractivity contribution in [1.29, 1.82) is 0 Å². The van der Waals surface area contributed by atoms with Gasteiger partial charge in [0.25, 0.3) is 0 Å². The van der Waals surface area contributed by atoms with Crippen LogP contribution in [0, 0.1) is 0 Å². The standard InChI is InChI=1S/C47H28N2O2/c1-2-11-29(12-3-1)32-27-38(48-39(28-32)31-21-23-44-37(26-31)34-15-5-8-19-42(34)50-44)30-13-10-14-33(25-30)49-40-18-7-4-16-35(40)46-41(49)22-24-45-47(46)36-17-6-9-20-43(36)51-45/h1-28H. The van der Waals surface area contributed by atoms with Gasteiger partial charge in [-0.25, -0.2) is 4.98 Å². The second-order valence-electron chi connectivity index (χ2n) is 13.1. The normalized spacial score (nSPS) is 11.9. The number of furan rings is 2. The lowest BCUT2D eigenvalue weighted by Gasteiger charge is -2.13. The molecule has 0 radical (unpaired) electrons. The molecule has 4 nitrogen and oxygen atoms in total. The number of fused-ring (bicyclic) bond motifs is 10. The molecule has 0 spiro atoms. The first-order valence-electron chi connectivity index (χ1n) is 17.2. The van der Waals surface area contributed by atoms with Crippen LogP contribution in [0.5, 0.6) is 0 Å². The molecule has 0 bridgehead atoms. The smallest absolute Gasteiger partial charge is 0.136 e. The molecule has 51 heavy (non-hydrogen) atoms. The van der Waals surface area contributed by atoms with Gasteiger partial charge in [0.15, 0.2) is 0 Å². The van der Waals surface area contributed by atoms with Crippen LogP contribution in [0.2, 0.25) is 0 Å². The highest BCUT2D eigenvalue weighted by atomic mass is 16.3. The lowest BCUT2D eigenvalue weighted by Crippen LogP contribution is -1.96. The van der Waals surface area contributed by atoms with Crippen LogP contribution >= 0.6 is 0 Å². The van der Waals surface area contributed by atoms with Gasteiger partial charge in [0.05, 0.1) is 22.4 Å². The highest BCUT2D eigenvalue weighted by Crippen LogP contribution is 2.42. The van der Waals surface area contributed by atoms with Crippen molar-refractivity contribution < 1.29 is 8.83 Å². The van der Waals surface area contributed by atoms with Gasteiger partial charge in [0, 0.05) is 49.1 Å². The predicted molar refractivity (Wildman–Crippen MR) is 209 cm³/mol. The van der Waals surface area contributed by atoms with E-state index in [4.69, 9.17) is 13.8 Å². The van der Waals surface area contributed by atoms with Crippen LogP contribution in [0.25, 0.3) is 105 Å². The molecule has 0 saturated heterocycles. The average Bonchev–Trinajstić information content (AvgIpc) is 3.87. The van der Waals surface area contributed by atoms with E-state index in [1.807, 2.05) is 24.3 Å². The van der Waals surface area contributed by atoms with Crippen molar-refractivity contribution in [3.8, 4) is 39.3 Å². The highest BCUT2D eigenvalue weighted by Gasteiger charge is 2.19. The zero-order chi connectivity index (χ0) is 33.5. The van der Waals surface area contributed by atoms with Crippen LogP contribution in [0.4, 0.5) is 0 Å². The van der Waals surface area contributed by atoms with E-state index in [2.05, 4.69) is 150 Å². The van der Waals surface area contributed by atoms with Gasteiger partial charge >= 0.3 is 0 Å². The van der Waals surface area contributed by atoms with Crippen LogP contribution in [0.3, 0.4) is 0 Å². The van der Waals surface area contributed by atoms with E-state index in [1.165, 1.54) is 10.8 Å². The third-order valence-corrected chi connectivity index (χ3v) is 10.2. The summed E-state index contributed by atoms with van der Waals surface area (Å²) in [7, 11) is 0. The Labute approximate surface area is 292 Å². The van der Waals surface area contributed by atoms with Crippen molar-refractivity contribution in [2.75, 3.05) is 0 Å². The SMILES string of the molecule is c1ccc(-c2cc(-c3cccc(-n4c5ccccc5c5c6c(ccc54)oc4ccccc46)c3)nc(-c3ccc4oc5ccccc5c4c3)c2)cc1. The summed E-state index contributed by atoms with van der Waals surface area (Å²) in [6.45, 7) is 0. The van der Waals surface area contributed by atoms with Crippen LogP contribution in [-0.2, 0) is 0 Å². The van der Waals surface area contributed by atoms with E-state index in [1.54, 1.807) is 0 Å². The topological polar surface area (TPSA) is 44.1 Å². The minimum absolute atomic E-state index is 0.874. The number of para-hydroxylation sites is 3. The minimum Gasteiger partial charge on any atom is -0.456 e. The summed E-state index contributed by atoms with van der Waals surface area (Å²) in [5, 5.41) is 6.87. The summed E-state index contributed by atoms with van der Waals surface area (Å²) < 4.78 is 14.8. The Bertz CT molecular complexity index is 3140. The molecule has 238 valence electrons. The van der Waals surface area contributed by atoms with Gasteiger partial charge in [-0.3, -0.25) is 0 Å². The maximum absolute atomic E-state index is 6.31. The zero-order valence-electron chi connectivity index (χ0n) is 27.4. The second-order valence-corrected chi connectivity index (χ2v) is 13.1. The molecular weight excluding hydrogens is 625 g/mol. The summed E-state index contributed by atoms with van der Waals surface area (Å²) in [6.07, 6.45) is 0. The van der Waals surface area contributed by atoms with Crippen molar-refractivity contribution in [3.05, 3.63) is 170 Å². The average molecular weight is 653 g/mol. The maximum Gasteiger partial charge on any atom is 0.136 e. The molecule has 4 aromatic heterocycles. The van der Waals surface area contributed by atoms with Crippen molar-refractivity contribution >= 4 is 65.7 Å². The van der Waals surface area contributed by atoms with Gasteiger partial charge < -0.3 is 13.4 Å². The van der Waals surface area contributed by atoms with Crippen LogP contribution < -0.4 is 0 Å². The van der Waals surface area contributed by atoms with Gasteiger partial charge in [0.1, 0.15) is 22.3 Å². The Morgan fingerprint density at radius 1 is 0.353 bits per heavy atom. The summed E-state index contributed by atoms with van der Waals surface area (Å²) in [5.74, 6) is 0. The molecule has 0 atom stereocenters. The van der Waals surface area contributed by atoms with Gasteiger partial charge in [0.2, 0.25) is 0 Å². The second kappa shape index (κ2) is 10.8. The first-order chi connectivity index (χ1) is 25.3. The summed E-state index contributed by atoms with van der Waals surface area (Å²) in [5.41, 5.74) is 13.1. The van der Waals surface area contributed by atoms with Crippen LogP contribution in [0.1, 0.15) is 0 Å². The number of aromatic nitrogens is 2. The van der Waals surface area contributed by atoms with Gasteiger partial charge in [-0.15, -0.1) is 0 Å². The lowest BCUT2D eigenvalue weighted by molar-refractivity contribution is 0.668. The summed E-state index contributed by atoms with van der Waals surface area (Å²) >= 11 is 0. The maximum atomic E-state index is 6.31. The Morgan fingerprint density at radius 2 is 0.980 bits per heavy atom. The van der Waals surface area contributed by atoms with E-state index in [-0.39, 0.29) is 0 Å². The molecule has 4 heteroatoms. The molecule has 0 aliphatic rings. The molecule has 0 aliphatic heterocycles. The van der Waals surface area contributed by atoms with E-state index in [9.17, 15) is 0 Å². The molecule has 4 heterocycles. The zero-order valence-corrected chi connectivity index (χ0v) is 27.4. The van der Waals surface area contributed by atoms with E-state index in [0.29, 0.717) is 0 Å². The number of rotatable bonds is 4. The Kier molecular flexibility index (Phi) is 5.92. The third-order valence-electron chi connectivity index (χ3n) is 10.2. The van der Waals surface area contributed by atoms with Crippen molar-refractivity contribution in [2.45, 2.75) is 0 Å². The van der Waals surface area contributed by atoms with Crippen molar-refractivity contribution in [2.24, 2.45) is 0 Å². The fourth-order valence-electron chi connectivity index (χ4n) is 7.87. The Hall–Kier alpha value is -6.91. The van der Waals surface area contributed by atoms with Gasteiger partial charge in [-0.1, -0.05) is 97.1 Å². The number of nitrogens with zero attached hydrogens (tertiary/aromatic N) is 2. The molecule has 7 aromatic carbocycles. The quantitative estimate of drug-likeness (QED) is 0.190. The third kappa shape index (κ3) is 4.30. The number of benzene rings is 7. The molecule has 0 N–H and O–H groups in total. The minimum atomic E-state index is 0.874. The molecule has 0 amide bonds. The summed E-state index contributed by atoms with van der Waals surface area (Å²) in [4.78, 5) is 5.33. The Morgan fingerprint density at radius 3 is 1.82 bits per heavy atom. The number of hydrogen-bond donors (Lipinski definition) is 0. The number of pyridine rings is 1. The molecule has 11 aromatic rings. The first kappa shape index (κ1) is 28.0. The molecule has 0 aliphatic carbocycles. The van der Waals surface area contributed by atoms with Gasteiger partial charge in [-0.05, 0) is 83.9 Å². The largest absolute Gasteiger partial charge is 0.456 e.